The van der Waals surface area contributed by atoms with Crippen LogP contribution in [0.2, 0.25) is 0 Å². The summed E-state index contributed by atoms with van der Waals surface area (Å²) < 4.78 is 1.84. The van der Waals surface area contributed by atoms with Gasteiger partial charge in [-0.15, -0.1) is 5.10 Å². The Balaban J connectivity index is 2.67. The number of benzene rings is 1. The first-order valence-corrected chi connectivity index (χ1v) is 4.47. The lowest BCUT2D eigenvalue weighted by Crippen LogP contribution is -2.02. The molecule has 0 saturated heterocycles. The van der Waals surface area contributed by atoms with Gasteiger partial charge in [-0.3, -0.25) is 0 Å². The molecule has 0 radical (unpaired) electrons. The summed E-state index contributed by atoms with van der Waals surface area (Å²) in [6.45, 7) is 4.10. The molecule has 0 aliphatic rings. The predicted molar refractivity (Wildman–Crippen MR) is 52.6 cm³/mol. The van der Waals surface area contributed by atoms with Gasteiger partial charge in [0.05, 0.1) is 17.1 Å². The summed E-state index contributed by atoms with van der Waals surface area (Å²) in [5.74, 6) is 0. The molecule has 0 saturated carbocycles. The van der Waals surface area contributed by atoms with E-state index >= 15 is 0 Å². The molecule has 0 spiro atoms. The Bertz CT molecular complexity index is 504. The average Bonchev–Trinajstić information content (AvgIpc) is 2.59. The zero-order chi connectivity index (χ0) is 10.1. The Hall–Kier alpha value is -1.89. The van der Waals surface area contributed by atoms with Gasteiger partial charge in [-0.2, -0.15) is 5.26 Å². The minimum Gasteiger partial charge on any atom is -0.242 e. The molecule has 4 heteroatoms. The van der Waals surface area contributed by atoms with Crippen LogP contribution in [0.4, 0.5) is 0 Å². The number of rotatable bonds is 1. The summed E-state index contributed by atoms with van der Waals surface area (Å²) in [5.41, 5.74) is 2.37. The Morgan fingerprint density at radius 2 is 2.21 bits per heavy atom. The van der Waals surface area contributed by atoms with E-state index in [1.807, 2.05) is 24.6 Å². The molecule has 1 aromatic carbocycles. The van der Waals surface area contributed by atoms with Crippen molar-refractivity contribution >= 4 is 11.0 Å². The molecule has 70 valence electrons. The third-order valence-corrected chi connectivity index (χ3v) is 2.09. The smallest absolute Gasteiger partial charge is 0.114 e. The monoisotopic (exact) mass is 186 g/mol. The van der Waals surface area contributed by atoms with Gasteiger partial charge in [0.2, 0.25) is 0 Å². The highest BCUT2D eigenvalue weighted by molar-refractivity contribution is 5.76. The van der Waals surface area contributed by atoms with Crippen LogP contribution in [0.3, 0.4) is 0 Å². The van der Waals surface area contributed by atoms with Crippen LogP contribution in [0.15, 0.2) is 18.2 Å². The second kappa shape index (κ2) is 3.11. The van der Waals surface area contributed by atoms with Crippen molar-refractivity contribution in [3.8, 4) is 6.07 Å². The second-order valence-corrected chi connectivity index (χ2v) is 3.44. The number of hydrogen-bond acceptors (Lipinski definition) is 3. The zero-order valence-electron chi connectivity index (χ0n) is 8.10. The molecule has 0 aliphatic heterocycles. The zero-order valence-corrected chi connectivity index (χ0v) is 8.10. The maximum Gasteiger partial charge on any atom is 0.114 e. The highest BCUT2D eigenvalue weighted by Gasteiger charge is 2.07. The van der Waals surface area contributed by atoms with Crippen LogP contribution in [0.5, 0.6) is 0 Å². The van der Waals surface area contributed by atoms with E-state index < -0.39 is 0 Å². The highest BCUT2D eigenvalue weighted by atomic mass is 15.4. The number of fused-ring (bicyclic) bond motifs is 1. The highest BCUT2D eigenvalue weighted by Crippen LogP contribution is 2.16. The van der Waals surface area contributed by atoms with E-state index in [-0.39, 0.29) is 6.04 Å². The van der Waals surface area contributed by atoms with Crippen LogP contribution < -0.4 is 0 Å². The van der Waals surface area contributed by atoms with E-state index in [0.29, 0.717) is 5.56 Å². The molecule has 0 N–H and O–H groups in total. The second-order valence-electron chi connectivity index (χ2n) is 3.44. The van der Waals surface area contributed by atoms with Gasteiger partial charge in [0.15, 0.2) is 0 Å². The molecular weight excluding hydrogens is 176 g/mol. The maximum atomic E-state index is 8.71. The van der Waals surface area contributed by atoms with Gasteiger partial charge < -0.3 is 0 Å². The lowest BCUT2D eigenvalue weighted by molar-refractivity contribution is 0.530. The molecular formula is C10H10N4. The van der Waals surface area contributed by atoms with Gasteiger partial charge in [-0.05, 0) is 32.0 Å². The molecule has 2 rings (SSSR count). The molecule has 1 heterocycles. The third-order valence-electron chi connectivity index (χ3n) is 2.09. The van der Waals surface area contributed by atoms with Crippen molar-refractivity contribution in [2.45, 2.75) is 19.9 Å². The van der Waals surface area contributed by atoms with Crippen molar-refractivity contribution in [2.24, 2.45) is 0 Å². The van der Waals surface area contributed by atoms with E-state index in [0.717, 1.165) is 11.0 Å². The van der Waals surface area contributed by atoms with Crippen LogP contribution in [-0.2, 0) is 0 Å². The van der Waals surface area contributed by atoms with Crippen LogP contribution in [-0.4, -0.2) is 15.0 Å². The van der Waals surface area contributed by atoms with E-state index in [1.165, 1.54) is 0 Å². The quantitative estimate of drug-likeness (QED) is 0.683. The van der Waals surface area contributed by atoms with E-state index in [1.54, 1.807) is 12.1 Å². The van der Waals surface area contributed by atoms with Crippen molar-refractivity contribution in [3.05, 3.63) is 23.8 Å². The van der Waals surface area contributed by atoms with Gasteiger partial charge in [0.25, 0.3) is 0 Å². The fourth-order valence-corrected chi connectivity index (χ4v) is 1.39. The Kier molecular flexibility index (Phi) is 1.93. The fourth-order valence-electron chi connectivity index (χ4n) is 1.39. The minimum absolute atomic E-state index is 0.285. The van der Waals surface area contributed by atoms with Crippen molar-refractivity contribution in [1.29, 1.82) is 5.26 Å². The lowest BCUT2D eigenvalue weighted by atomic mass is 10.2. The summed E-state index contributed by atoms with van der Waals surface area (Å²) in [5, 5.41) is 16.7. The molecule has 2 aromatic rings. The van der Waals surface area contributed by atoms with Crippen molar-refractivity contribution in [2.75, 3.05) is 0 Å². The number of aromatic nitrogens is 3. The summed E-state index contributed by atoms with van der Waals surface area (Å²) >= 11 is 0. The van der Waals surface area contributed by atoms with Crippen molar-refractivity contribution in [1.82, 2.24) is 15.0 Å². The molecule has 4 nitrogen and oxygen atoms in total. The van der Waals surface area contributed by atoms with Gasteiger partial charge in [-0.1, -0.05) is 5.21 Å². The van der Waals surface area contributed by atoms with E-state index in [2.05, 4.69) is 16.4 Å². The lowest BCUT2D eigenvalue weighted by Gasteiger charge is -2.04. The molecule has 0 amide bonds. The summed E-state index contributed by atoms with van der Waals surface area (Å²) in [4.78, 5) is 0. The maximum absolute atomic E-state index is 8.71. The standard InChI is InChI=1S/C10H10N4/c1-7(2)14-10-4-3-8(6-11)5-9(10)12-13-14/h3-5,7H,1-2H3. The van der Waals surface area contributed by atoms with E-state index in [9.17, 15) is 0 Å². The Morgan fingerprint density at radius 3 is 2.86 bits per heavy atom. The summed E-state index contributed by atoms with van der Waals surface area (Å²) in [6.07, 6.45) is 0. The summed E-state index contributed by atoms with van der Waals surface area (Å²) in [6, 6.07) is 7.78. The SMILES string of the molecule is CC(C)n1nnc2cc(C#N)ccc21. The van der Waals surface area contributed by atoms with Crippen LogP contribution in [0, 0.1) is 11.3 Å². The van der Waals surface area contributed by atoms with Crippen LogP contribution >= 0.6 is 0 Å². The minimum atomic E-state index is 0.285. The van der Waals surface area contributed by atoms with Crippen LogP contribution in [0.1, 0.15) is 25.5 Å². The first-order chi connectivity index (χ1) is 6.72. The van der Waals surface area contributed by atoms with Gasteiger partial charge in [0, 0.05) is 6.04 Å². The molecule has 0 atom stereocenters. The van der Waals surface area contributed by atoms with Crippen molar-refractivity contribution in [3.63, 3.8) is 0 Å². The molecule has 0 unspecified atom stereocenters. The number of hydrogen-bond donors (Lipinski definition) is 0. The molecule has 14 heavy (non-hydrogen) atoms. The van der Waals surface area contributed by atoms with Gasteiger partial charge >= 0.3 is 0 Å². The number of nitriles is 1. The molecule has 1 aromatic heterocycles. The normalized spacial score (nSPS) is 10.7. The first kappa shape index (κ1) is 8.70. The van der Waals surface area contributed by atoms with Crippen molar-refractivity contribution < 1.29 is 0 Å². The topological polar surface area (TPSA) is 54.5 Å². The Labute approximate surface area is 81.8 Å². The molecule has 0 aliphatic carbocycles. The molecule has 0 bridgehead atoms. The molecule has 0 fully saturated rings. The predicted octanol–water partition coefficient (Wildman–Crippen LogP) is 1.88. The average molecular weight is 186 g/mol. The van der Waals surface area contributed by atoms with Gasteiger partial charge in [-0.25, -0.2) is 4.68 Å². The van der Waals surface area contributed by atoms with Gasteiger partial charge in [0.1, 0.15) is 5.52 Å². The Morgan fingerprint density at radius 1 is 1.43 bits per heavy atom. The fraction of sp³-hybridized carbons (Fsp3) is 0.300. The summed E-state index contributed by atoms with van der Waals surface area (Å²) in [7, 11) is 0. The number of nitrogens with zero attached hydrogens (tertiary/aromatic N) is 4. The van der Waals surface area contributed by atoms with Crippen LogP contribution in [0.25, 0.3) is 11.0 Å². The third kappa shape index (κ3) is 1.23. The van der Waals surface area contributed by atoms with E-state index in [4.69, 9.17) is 5.26 Å². The largest absolute Gasteiger partial charge is 0.242 e. The first-order valence-electron chi connectivity index (χ1n) is 4.47.